The Morgan fingerprint density at radius 3 is 1.97 bits per heavy atom. The standard InChI is InChI=1S/C47H74O17/c1-21-10-15-47(42(58)64-40-37(57)35(55)33(53)26(19-49)61-40)17-16-45(6)23(30(47)22(21)2)8-9-28-44(5)13-12-29(43(3,4)27(44)11-14-46(28,45)7)62-41-38(31(51)24(50)20-59-41)63-39-36(56)34(54)32(52)25(18-48)60-39/h8,24-41,48-57H,9-20H2,1-7H3/t24-,25+,26+,27-,28+,29-,30-,31-,32+,33+,34-,35-,36+,37+,38+,39-,40-,41-,44-,45+,46+,47-/m0/s1. The molecule has 0 aromatic rings. The highest BCUT2D eigenvalue weighted by Gasteiger charge is 2.70. The van der Waals surface area contributed by atoms with Crippen LogP contribution < -0.4 is 0 Å². The Hall–Kier alpha value is -1.65. The van der Waals surface area contributed by atoms with Crippen molar-refractivity contribution in [2.24, 2.45) is 44.8 Å². The number of aliphatic hydroxyl groups excluding tert-OH is 10. The summed E-state index contributed by atoms with van der Waals surface area (Å²) in [5, 5.41) is 105. The van der Waals surface area contributed by atoms with Crippen molar-refractivity contribution in [3.8, 4) is 0 Å². The van der Waals surface area contributed by atoms with Crippen LogP contribution in [0.5, 0.6) is 0 Å². The first kappa shape index (κ1) is 48.8. The van der Waals surface area contributed by atoms with E-state index in [1.807, 2.05) is 0 Å². The second-order valence-corrected chi connectivity index (χ2v) is 22.0. The van der Waals surface area contributed by atoms with E-state index in [1.165, 1.54) is 11.1 Å². The number of aliphatic hydroxyl groups is 10. The predicted molar refractivity (Wildman–Crippen MR) is 224 cm³/mol. The SMILES string of the molecule is CC1=C(C)[C@H]2C3=CC[C@@H]4[C@@]5(C)CC[C@H](O[C@@H]6OC[C@H](O)[C@H](O)[C@H]6O[C@@H]6O[C@H](CO)[C@@H](O)[C@H](O)[C@H]6O)C(C)(C)[C@@H]5CC[C@@]4(C)[C@]3(C)CC[C@@]2(C(=O)O[C@@H]2O[C@H](CO)[C@@H](O)[C@H](O)[C@H]2O)CC1. The van der Waals surface area contributed by atoms with Gasteiger partial charge >= 0.3 is 5.97 Å². The summed E-state index contributed by atoms with van der Waals surface area (Å²) in [4.78, 5) is 14.7. The topological polar surface area (TPSA) is 275 Å². The Morgan fingerprint density at radius 1 is 0.703 bits per heavy atom. The Bertz CT molecular complexity index is 1800. The Labute approximate surface area is 375 Å². The van der Waals surface area contributed by atoms with E-state index in [0.717, 1.165) is 37.7 Å². The normalized spacial score (nSPS) is 52.7. The number of carbonyl (C=O) groups excluding carboxylic acids is 1. The number of allylic oxidation sites excluding steroid dienone is 4. The molecule has 22 atom stereocenters. The fourth-order valence-electron chi connectivity index (χ4n) is 14.5. The fraction of sp³-hybridized carbons (Fsp3) is 0.894. The zero-order valence-corrected chi connectivity index (χ0v) is 38.3. The lowest BCUT2D eigenvalue weighted by molar-refractivity contribution is -0.367. The van der Waals surface area contributed by atoms with Gasteiger partial charge in [-0.15, -0.1) is 0 Å². The molecule has 17 nitrogen and oxygen atoms in total. The van der Waals surface area contributed by atoms with Gasteiger partial charge in [0.2, 0.25) is 6.29 Å². The molecule has 3 saturated heterocycles. The summed E-state index contributed by atoms with van der Waals surface area (Å²) in [5.41, 5.74) is 1.73. The number of ether oxygens (including phenoxy) is 6. The molecule has 0 amide bonds. The van der Waals surface area contributed by atoms with Gasteiger partial charge in [0.15, 0.2) is 12.6 Å². The molecule has 3 aliphatic heterocycles. The van der Waals surface area contributed by atoms with Crippen molar-refractivity contribution < 1.29 is 84.3 Å². The molecule has 8 rings (SSSR count). The van der Waals surface area contributed by atoms with Gasteiger partial charge in [0.05, 0.1) is 31.3 Å². The number of rotatable bonds is 8. The molecule has 3 saturated carbocycles. The van der Waals surface area contributed by atoms with Crippen LogP contribution in [0.4, 0.5) is 0 Å². The van der Waals surface area contributed by atoms with E-state index < -0.39 is 116 Å². The van der Waals surface area contributed by atoms with Crippen LogP contribution in [0, 0.1) is 44.8 Å². The fourth-order valence-corrected chi connectivity index (χ4v) is 14.5. The Morgan fingerprint density at radius 2 is 1.33 bits per heavy atom. The van der Waals surface area contributed by atoms with Crippen LogP contribution >= 0.6 is 0 Å². The number of carbonyl (C=O) groups is 1. The van der Waals surface area contributed by atoms with Crippen molar-refractivity contribution in [3.05, 3.63) is 22.8 Å². The summed E-state index contributed by atoms with van der Waals surface area (Å²) in [7, 11) is 0. The average molecular weight is 911 g/mol. The van der Waals surface area contributed by atoms with Crippen molar-refractivity contribution >= 4 is 5.97 Å². The van der Waals surface area contributed by atoms with Crippen LogP contribution in [0.1, 0.15) is 106 Å². The number of esters is 1. The zero-order chi connectivity index (χ0) is 46.6. The molecule has 64 heavy (non-hydrogen) atoms. The van der Waals surface area contributed by atoms with E-state index >= 15 is 0 Å². The molecular formula is C47H74O17. The van der Waals surface area contributed by atoms with Crippen molar-refractivity contribution in [2.75, 3.05) is 19.8 Å². The van der Waals surface area contributed by atoms with E-state index in [4.69, 9.17) is 28.4 Å². The Balaban J connectivity index is 1.04. The highest BCUT2D eigenvalue weighted by Crippen LogP contribution is 2.76. The molecule has 0 unspecified atom stereocenters. The summed E-state index contributed by atoms with van der Waals surface area (Å²) in [5.74, 6) is -0.275. The summed E-state index contributed by atoms with van der Waals surface area (Å²) < 4.78 is 36.0. The van der Waals surface area contributed by atoms with Crippen LogP contribution in [-0.4, -0.2) is 169 Å². The minimum absolute atomic E-state index is 0.124. The number of hydrogen-bond donors (Lipinski definition) is 10. The van der Waals surface area contributed by atoms with Crippen LogP contribution in [0.25, 0.3) is 0 Å². The van der Waals surface area contributed by atoms with Crippen LogP contribution in [-0.2, 0) is 33.2 Å². The average Bonchev–Trinajstić information content (AvgIpc) is 3.25. The van der Waals surface area contributed by atoms with Crippen LogP contribution in [0.2, 0.25) is 0 Å². The lowest BCUT2D eigenvalue weighted by atomic mass is 9.34. The Kier molecular flexibility index (Phi) is 13.3. The molecule has 8 aliphatic rings. The van der Waals surface area contributed by atoms with Gasteiger partial charge in [-0.2, -0.15) is 0 Å². The van der Waals surface area contributed by atoms with E-state index in [-0.39, 0.29) is 46.7 Å². The molecule has 10 N–H and O–H groups in total. The third-order valence-electron chi connectivity index (χ3n) is 18.8. The second-order valence-electron chi connectivity index (χ2n) is 22.0. The third-order valence-corrected chi connectivity index (χ3v) is 18.8. The first-order valence-electron chi connectivity index (χ1n) is 23.5. The number of fused-ring (bicyclic) bond motifs is 7. The summed E-state index contributed by atoms with van der Waals surface area (Å²) in [6.45, 7) is 14.4. The molecule has 0 spiro atoms. The molecule has 0 aromatic heterocycles. The molecule has 0 radical (unpaired) electrons. The molecule has 0 aromatic carbocycles. The van der Waals surface area contributed by atoms with Gasteiger partial charge in [0.1, 0.15) is 67.1 Å². The summed E-state index contributed by atoms with van der Waals surface area (Å²) in [6.07, 6.45) is -12.2. The van der Waals surface area contributed by atoms with Gasteiger partial charge in [-0.05, 0) is 105 Å². The molecule has 0 bridgehead atoms. The maximum atomic E-state index is 14.7. The van der Waals surface area contributed by atoms with Gasteiger partial charge < -0.3 is 79.5 Å². The number of hydrogen-bond acceptors (Lipinski definition) is 17. The van der Waals surface area contributed by atoms with Gasteiger partial charge in [0, 0.05) is 5.92 Å². The van der Waals surface area contributed by atoms with Crippen molar-refractivity contribution in [2.45, 2.75) is 198 Å². The molecule has 3 heterocycles. The van der Waals surface area contributed by atoms with Crippen LogP contribution in [0.15, 0.2) is 22.8 Å². The molecular weight excluding hydrogens is 836 g/mol. The third kappa shape index (κ3) is 7.33. The minimum atomic E-state index is -1.73. The smallest absolute Gasteiger partial charge is 0.315 e. The molecule has 17 heteroatoms. The maximum Gasteiger partial charge on any atom is 0.315 e. The van der Waals surface area contributed by atoms with Gasteiger partial charge in [0.25, 0.3) is 0 Å². The monoisotopic (exact) mass is 910 g/mol. The summed E-state index contributed by atoms with van der Waals surface area (Å²) in [6, 6.07) is 0. The van der Waals surface area contributed by atoms with Crippen LogP contribution in [0.3, 0.4) is 0 Å². The van der Waals surface area contributed by atoms with E-state index in [2.05, 4.69) is 54.5 Å². The lowest BCUT2D eigenvalue weighted by Gasteiger charge is -2.71. The van der Waals surface area contributed by atoms with Gasteiger partial charge in [-0.3, -0.25) is 4.79 Å². The van der Waals surface area contributed by atoms with E-state index in [0.29, 0.717) is 25.7 Å². The highest BCUT2D eigenvalue weighted by atomic mass is 16.8. The lowest BCUT2D eigenvalue weighted by Crippen LogP contribution is -2.66. The maximum absolute atomic E-state index is 14.7. The van der Waals surface area contributed by atoms with Gasteiger partial charge in [-0.1, -0.05) is 57.4 Å². The molecule has 5 aliphatic carbocycles. The zero-order valence-electron chi connectivity index (χ0n) is 38.3. The molecule has 6 fully saturated rings. The van der Waals surface area contributed by atoms with Crippen molar-refractivity contribution in [1.29, 1.82) is 0 Å². The first-order chi connectivity index (χ1) is 30.0. The first-order valence-corrected chi connectivity index (χ1v) is 23.5. The minimum Gasteiger partial charge on any atom is -0.432 e. The van der Waals surface area contributed by atoms with E-state index in [9.17, 15) is 55.9 Å². The highest BCUT2D eigenvalue weighted by molar-refractivity contribution is 5.80. The van der Waals surface area contributed by atoms with Gasteiger partial charge in [-0.25, -0.2) is 0 Å². The largest absolute Gasteiger partial charge is 0.432 e. The van der Waals surface area contributed by atoms with Crippen molar-refractivity contribution in [1.82, 2.24) is 0 Å². The quantitative estimate of drug-likeness (QED) is 0.0912. The second kappa shape index (κ2) is 17.4. The molecule has 364 valence electrons. The van der Waals surface area contributed by atoms with Crippen molar-refractivity contribution in [3.63, 3.8) is 0 Å². The predicted octanol–water partition coefficient (Wildman–Crippen LogP) is 0.700. The van der Waals surface area contributed by atoms with E-state index in [1.54, 1.807) is 0 Å². The summed E-state index contributed by atoms with van der Waals surface area (Å²) >= 11 is 0.